The number of anilines is 1. The lowest BCUT2D eigenvalue weighted by molar-refractivity contribution is -0.695. The largest absolute Gasteiger partial charge is 0.477 e. The van der Waals surface area contributed by atoms with Crippen LogP contribution in [0.2, 0.25) is 0 Å². The fraction of sp³-hybridized carbons (Fsp3) is 0.360. The molecule has 38 heavy (non-hydrogen) atoms. The minimum atomic E-state index is -1.19. The van der Waals surface area contributed by atoms with E-state index in [1.807, 2.05) is 18.3 Å². The lowest BCUT2D eigenvalue weighted by atomic mass is 9.94. The van der Waals surface area contributed by atoms with E-state index in [4.69, 9.17) is 10.6 Å². The Morgan fingerprint density at radius 2 is 2.21 bits per heavy atom. The first-order valence-corrected chi connectivity index (χ1v) is 14.0. The van der Waals surface area contributed by atoms with Gasteiger partial charge in [-0.05, 0) is 37.5 Å². The summed E-state index contributed by atoms with van der Waals surface area (Å²) in [6, 6.07) is 2.82. The maximum Gasteiger partial charge on any atom is 0.353 e. The Morgan fingerprint density at radius 1 is 1.39 bits per heavy atom. The van der Waals surface area contributed by atoms with Gasteiger partial charge < -0.3 is 21.0 Å². The summed E-state index contributed by atoms with van der Waals surface area (Å²) < 4.78 is 2.19. The van der Waals surface area contributed by atoms with Crippen LogP contribution in [0.4, 0.5) is 5.13 Å². The van der Waals surface area contributed by atoms with Crippen molar-refractivity contribution in [3.8, 4) is 0 Å². The Labute approximate surface area is 227 Å². The number of carboxylic acid groups (broad SMARTS) is 1. The number of carboxylic acids is 1. The molecule has 2 aromatic rings. The zero-order valence-corrected chi connectivity index (χ0v) is 22.3. The average Bonchev–Trinajstić information content (AvgIpc) is 3.35. The van der Waals surface area contributed by atoms with Gasteiger partial charge in [-0.3, -0.25) is 14.5 Å². The Kier molecular flexibility index (Phi) is 7.47. The maximum atomic E-state index is 13.0. The number of rotatable bonds is 8. The van der Waals surface area contributed by atoms with Gasteiger partial charge in [0.25, 0.3) is 11.8 Å². The highest BCUT2D eigenvalue weighted by Crippen LogP contribution is 2.39. The van der Waals surface area contributed by atoms with Crippen LogP contribution in [-0.4, -0.2) is 63.4 Å². The number of hydrogen-bond acceptors (Lipinski definition) is 9. The van der Waals surface area contributed by atoms with Crippen molar-refractivity contribution in [1.82, 2.24) is 15.2 Å². The van der Waals surface area contributed by atoms with Crippen LogP contribution >= 0.6 is 23.1 Å². The van der Waals surface area contributed by atoms with Crippen molar-refractivity contribution in [3.63, 3.8) is 0 Å². The number of aromatic nitrogens is 2. The zero-order valence-electron chi connectivity index (χ0n) is 20.6. The Balaban J connectivity index is 1.31. The van der Waals surface area contributed by atoms with E-state index in [9.17, 15) is 19.5 Å². The van der Waals surface area contributed by atoms with Crippen molar-refractivity contribution < 1.29 is 28.9 Å². The molecular formula is C25H27N6O5S2+. The standard InChI is InChI=1S/C25H26N6O5S2/c1-36-29-19(15-12-38-25(26)27-15)22(32)28-20-17-13-37-18(21(24(34)35)31(17)23(20)33)9-5-11-30-10-4-7-14-6-2-3-8-16(14)30/h4-5,7,9-10,12,17,20H,2-3,6,8,11,13H2,1H3,(H3-,26,27,28,32,34,35)/p+1/t17-,20+/m1/s1. The van der Waals surface area contributed by atoms with Crippen molar-refractivity contribution in [2.45, 2.75) is 44.3 Å². The smallest absolute Gasteiger partial charge is 0.353 e. The highest BCUT2D eigenvalue weighted by atomic mass is 32.2. The van der Waals surface area contributed by atoms with Crippen LogP contribution in [0.3, 0.4) is 0 Å². The van der Waals surface area contributed by atoms with Crippen LogP contribution in [0.25, 0.3) is 0 Å². The van der Waals surface area contributed by atoms with Crippen LogP contribution in [0.1, 0.15) is 29.8 Å². The van der Waals surface area contributed by atoms with Crippen LogP contribution in [0.5, 0.6) is 0 Å². The molecule has 13 heteroatoms. The number of thiazole rings is 1. The number of carbonyl (C=O) groups is 3. The number of nitrogens with zero attached hydrogens (tertiary/aromatic N) is 4. The van der Waals surface area contributed by atoms with E-state index in [1.54, 1.807) is 11.5 Å². The van der Waals surface area contributed by atoms with E-state index >= 15 is 0 Å². The third-order valence-corrected chi connectivity index (χ3v) is 8.54. The molecule has 2 amide bonds. The topological polar surface area (TPSA) is 151 Å². The first kappa shape index (κ1) is 25.9. The normalized spacial score (nSPS) is 21.1. The number of fused-ring (bicyclic) bond motifs is 2. The van der Waals surface area contributed by atoms with Crippen molar-refractivity contribution in [3.05, 3.63) is 63.4 Å². The van der Waals surface area contributed by atoms with Gasteiger partial charge in [-0.15, -0.1) is 23.1 Å². The first-order valence-electron chi connectivity index (χ1n) is 12.1. The molecule has 3 aliphatic rings. The average molecular weight is 556 g/mol. The summed E-state index contributed by atoms with van der Waals surface area (Å²) in [5.41, 5.74) is 8.38. The summed E-state index contributed by atoms with van der Waals surface area (Å²) in [6.45, 7) is 0.610. The number of nitrogens with two attached hydrogens (primary N) is 1. The number of hydrogen-bond donors (Lipinski definition) is 3. The van der Waals surface area contributed by atoms with Gasteiger partial charge in [0.2, 0.25) is 0 Å². The highest BCUT2D eigenvalue weighted by Gasteiger charge is 2.54. The Bertz CT molecular complexity index is 1380. The zero-order chi connectivity index (χ0) is 26.8. The number of pyridine rings is 1. The minimum Gasteiger partial charge on any atom is -0.477 e. The molecule has 2 aromatic heterocycles. The van der Waals surface area contributed by atoms with E-state index in [-0.39, 0.29) is 22.2 Å². The number of aryl methyl sites for hydroxylation is 1. The molecule has 0 spiro atoms. The Morgan fingerprint density at radius 3 is 2.95 bits per heavy atom. The van der Waals surface area contributed by atoms with Gasteiger partial charge >= 0.3 is 5.97 Å². The number of amides is 2. The highest BCUT2D eigenvalue weighted by molar-refractivity contribution is 8.03. The lowest BCUT2D eigenvalue weighted by Crippen LogP contribution is -2.73. The second-order valence-electron chi connectivity index (χ2n) is 8.99. The molecule has 2 aliphatic heterocycles. The number of allylic oxidation sites excluding steroid dienone is 2. The predicted molar refractivity (Wildman–Crippen MR) is 142 cm³/mol. The predicted octanol–water partition coefficient (Wildman–Crippen LogP) is 1.24. The molecule has 4 N–H and O–H groups in total. The van der Waals surface area contributed by atoms with E-state index in [1.165, 1.54) is 41.4 Å². The number of nitrogens with one attached hydrogen (secondary N) is 1. The van der Waals surface area contributed by atoms with Crippen LogP contribution in [0, 0.1) is 0 Å². The van der Waals surface area contributed by atoms with Crippen molar-refractivity contribution >= 4 is 51.7 Å². The SMILES string of the molecule is CON=C(C(=O)N[C@@H]1C(=O)N2C(C(=O)O)=C(C=CC[n+]3cccc4c3CCCC4)SC[C@H]12)c1csc(N)n1. The van der Waals surface area contributed by atoms with Gasteiger partial charge in [-0.1, -0.05) is 5.16 Å². The molecule has 0 saturated carbocycles. The first-order chi connectivity index (χ1) is 18.4. The van der Waals surface area contributed by atoms with Crippen LogP contribution in [0.15, 0.2) is 51.6 Å². The van der Waals surface area contributed by atoms with E-state index in [0.717, 1.165) is 30.6 Å². The molecule has 2 atom stereocenters. The molecule has 11 nitrogen and oxygen atoms in total. The number of aliphatic carboxylic acids is 1. The third kappa shape index (κ3) is 4.90. The second kappa shape index (κ2) is 11.0. The molecule has 0 unspecified atom stereocenters. The summed E-state index contributed by atoms with van der Waals surface area (Å²) >= 11 is 2.49. The second-order valence-corrected chi connectivity index (χ2v) is 10.9. The van der Waals surface area contributed by atoms with Gasteiger partial charge in [0, 0.05) is 34.1 Å². The summed E-state index contributed by atoms with van der Waals surface area (Å²) in [7, 11) is 1.29. The van der Waals surface area contributed by atoms with Gasteiger partial charge in [0.05, 0.1) is 6.04 Å². The monoisotopic (exact) mass is 555 g/mol. The molecule has 0 radical (unpaired) electrons. The molecule has 0 bridgehead atoms. The fourth-order valence-electron chi connectivity index (χ4n) is 4.97. The van der Waals surface area contributed by atoms with Gasteiger partial charge in [0.1, 0.15) is 24.5 Å². The van der Waals surface area contributed by atoms with Crippen LogP contribution in [-0.2, 0) is 38.6 Å². The lowest BCUT2D eigenvalue weighted by Gasteiger charge is -2.49. The van der Waals surface area contributed by atoms with Gasteiger partial charge in [-0.25, -0.2) is 9.78 Å². The van der Waals surface area contributed by atoms with E-state index in [2.05, 4.69) is 26.1 Å². The molecule has 4 heterocycles. The van der Waals surface area contributed by atoms with Crippen molar-refractivity contribution in [2.75, 3.05) is 18.6 Å². The number of thioether (sulfide) groups is 1. The van der Waals surface area contributed by atoms with Gasteiger partial charge in [-0.2, -0.15) is 4.57 Å². The summed E-state index contributed by atoms with van der Waals surface area (Å²) in [4.78, 5) is 48.7. The molecule has 198 valence electrons. The molecule has 1 fully saturated rings. The van der Waals surface area contributed by atoms with Crippen molar-refractivity contribution in [1.29, 1.82) is 0 Å². The molecular weight excluding hydrogens is 528 g/mol. The third-order valence-electron chi connectivity index (χ3n) is 6.72. The van der Waals surface area contributed by atoms with Gasteiger partial charge in [0.15, 0.2) is 29.3 Å². The number of nitrogen functional groups attached to an aromatic ring is 1. The summed E-state index contributed by atoms with van der Waals surface area (Å²) in [5.74, 6) is -1.91. The minimum absolute atomic E-state index is 0.0730. The molecule has 0 aromatic carbocycles. The quantitative estimate of drug-likeness (QED) is 0.191. The molecule has 1 aliphatic carbocycles. The summed E-state index contributed by atoms with van der Waals surface area (Å²) in [6.07, 6.45) is 10.2. The van der Waals surface area contributed by atoms with E-state index in [0.29, 0.717) is 17.2 Å². The number of oxime groups is 1. The Hall–Kier alpha value is -3.71. The van der Waals surface area contributed by atoms with Crippen molar-refractivity contribution in [2.24, 2.45) is 5.16 Å². The van der Waals surface area contributed by atoms with E-state index < -0.39 is 29.9 Å². The summed E-state index contributed by atoms with van der Waals surface area (Å²) in [5, 5.41) is 18.2. The number of carbonyl (C=O) groups excluding carboxylic acids is 2. The fourth-order valence-corrected chi connectivity index (χ4v) is 6.72. The number of β-lactam (4-membered cyclic amide) rings is 1. The molecule has 1 saturated heterocycles. The van der Waals surface area contributed by atoms with Crippen LogP contribution < -0.4 is 15.6 Å². The maximum absolute atomic E-state index is 13.0. The molecule has 5 rings (SSSR count).